The minimum atomic E-state index is -0.456. The summed E-state index contributed by atoms with van der Waals surface area (Å²) >= 11 is 12.2. The minimum absolute atomic E-state index is 0.000209. The molecular weight excluding hydrogens is 493 g/mol. The van der Waals surface area contributed by atoms with Gasteiger partial charge in [0.2, 0.25) is 0 Å². The lowest BCUT2D eigenvalue weighted by Gasteiger charge is -2.37. The highest BCUT2D eigenvalue weighted by molar-refractivity contribution is 6.30. The summed E-state index contributed by atoms with van der Waals surface area (Å²) in [6.07, 6.45) is 0.608. The van der Waals surface area contributed by atoms with Gasteiger partial charge in [-0.15, -0.1) is 0 Å². The molecule has 1 amide bonds. The molecule has 0 spiro atoms. The maximum absolute atomic E-state index is 13.0. The van der Waals surface area contributed by atoms with Gasteiger partial charge < -0.3 is 10.4 Å². The van der Waals surface area contributed by atoms with E-state index in [-0.39, 0.29) is 29.3 Å². The maximum atomic E-state index is 13.0. The van der Waals surface area contributed by atoms with Crippen LogP contribution in [0.25, 0.3) is 10.8 Å². The number of amides is 1. The fraction of sp³-hybridized carbons (Fsp3) is 0.172. The van der Waals surface area contributed by atoms with Crippen LogP contribution in [-0.2, 0) is 0 Å². The van der Waals surface area contributed by atoms with Crippen molar-refractivity contribution in [2.45, 2.75) is 25.4 Å². The number of halogens is 2. The Labute approximate surface area is 219 Å². The number of hydrogen-bond acceptors (Lipinski definition) is 4. The first-order valence-electron chi connectivity index (χ1n) is 11.7. The third kappa shape index (κ3) is 5.09. The predicted octanol–water partition coefficient (Wildman–Crippen LogP) is 7.05. The van der Waals surface area contributed by atoms with Crippen molar-refractivity contribution in [3.63, 3.8) is 0 Å². The highest BCUT2D eigenvalue weighted by Gasteiger charge is 2.34. The normalized spacial score (nSPS) is 21.0. The number of nitrogens with one attached hydrogen (secondary N) is 2. The molecule has 7 heteroatoms. The van der Waals surface area contributed by atoms with Crippen LogP contribution < -0.4 is 10.7 Å². The van der Waals surface area contributed by atoms with Crippen LogP contribution >= 0.6 is 23.2 Å². The summed E-state index contributed by atoms with van der Waals surface area (Å²) in [6, 6.07) is 26.3. The monoisotopic (exact) mass is 517 g/mol. The van der Waals surface area contributed by atoms with E-state index in [0.717, 1.165) is 27.6 Å². The van der Waals surface area contributed by atoms with Gasteiger partial charge in [-0.2, -0.15) is 5.10 Å². The zero-order chi connectivity index (χ0) is 25.2. The smallest absolute Gasteiger partial charge is 0.275 e. The zero-order valence-electron chi connectivity index (χ0n) is 19.6. The lowest BCUT2D eigenvalue weighted by atomic mass is 9.81. The van der Waals surface area contributed by atoms with Gasteiger partial charge in [-0.25, -0.2) is 5.43 Å². The van der Waals surface area contributed by atoms with Crippen molar-refractivity contribution in [1.29, 1.82) is 0 Å². The number of carbonyl (C=O) groups excluding carboxylic acids is 1. The molecule has 3 N–H and O–H groups in total. The molecule has 0 aliphatic carbocycles. The molecule has 1 fully saturated rings. The third-order valence-electron chi connectivity index (χ3n) is 6.73. The van der Waals surface area contributed by atoms with Crippen LogP contribution in [0.1, 0.15) is 46.9 Å². The average molecular weight is 518 g/mol. The van der Waals surface area contributed by atoms with Crippen molar-refractivity contribution in [3.8, 4) is 5.75 Å². The number of aromatic hydroxyl groups is 1. The van der Waals surface area contributed by atoms with Crippen LogP contribution in [0.5, 0.6) is 5.75 Å². The molecule has 0 saturated carbocycles. The number of hydrogen-bond donors (Lipinski definition) is 3. The highest BCUT2D eigenvalue weighted by Crippen LogP contribution is 2.36. The Hall–Kier alpha value is -3.38. The zero-order valence-corrected chi connectivity index (χ0v) is 21.1. The van der Waals surface area contributed by atoms with Gasteiger partial charge in [0.15, 0.2) is 0 Å². The summed E-state index contributed by atoms with van der Waals surface area (Å²) in [5.41, 5.74) is 5.88. The molecule has 1 saturated heterocycles. The molecule has 0 radical (unpaired) electrons. The molecule has 3 atom stereocenters. The number of hydrazone groups is 1. The Morgan fingerprint density at radius 3 is 2.14 bits per heavy atom. The van der Waals surface area contributed by atoms with E-state index in [2.05, 4.69) is 22.8 Å². The number of fused-ring (bicyclic) bond motifs is 1. The summed E-state index contributed by atoms with van der Waals surface area (Å²) < 4.78 is 0. The van der Waals surface area contributed by atoms with E-state index in [1.54, 1.807) is 12.1 Å². The van der Waals surface area contributed by atoms with Crippen molar-refractivity contribution >= 4 is 45.6 Å². The molecule has 0 aromatic heterocycles. The van der Waals surface area contributed by atoms with E-state index in [1.165, 1.54) is 0 Å². The Bertz CT molecular complexity index is 1440. The van der Waals surface area contributed by atoms with Gasteiger partial charge in [0.25, 0.3) is 5.91 Å². The van der Waals surface area contributed by atoms with Crippen molar-refractivity contribution in [3.05, 3.63) is 112 Å². The lowest BCUT2D eigenvalue weighted by Crippen LogP contribution is -2.42. The molecule has 5 rings (SSSR count). The van der Waals surface area contributed by atoms with Crippen molar-refractivity contribution in [2.24, 2.45) is 11.0 Å². The van der Waals surface area contributed by atoms with Gasteiger partial charge in [-0.05, 0) is 58.3 Å². The molecule has 4 aromatic rings. The standard InChI is InChI=1S/C29H25Cl2N3O2/c1-17-25(33-34-29(36)24-14-20-4-2-3-5-21(20)15-27(24)35)16-26(18-6-10-22(30)11-7-18)32-28(17)19-8-12-23(31)13-9-19/h2-15,17,26,28,32,35H,16H2,1H3,(H,34,36)/b33-25+/t17-,26?,28?/m0/s1. The van der Waals surface area contributed by atoms with Crippen LogP contribution in [0.2, 0.25) is 10.0 Å². The first-order chi connectivity index (χ1) is 17.4. The molecule has 182 valence electrons. The van der Waals surface area contributed by atoms with Gasteiger partial charge in [-0.1, -0.05) is 78.7 Å². The van der Waals surface area contributed by atoms with Crippen LogP contribution in [0.15, 0.2) is 90.0 Å². The first-order valence-corrected chi connectivity index (χ1v) is 12.5. The van der Waals surface area contributed by atoms with Crippen molar-refractivity contribution in [1.82, 2.24) is 10.7 Å². The van der Waals surface area contributed by atoms with Gasteiger partial charge in [-0.3, -0.25) is 4.79 Å². The number of rotatable bonds is 4. The van der Waals surface area contributed by atoms with Crippen LogP contribution in [-0.4, -0.2) is 16.7 Å². The number of piperidine rings is 1. The predicted molar refractivity (Wildman–Crippen MR) is 146 cm³/mol. The maximum Gasteiger partial charge on any atom is 0.275 e. The molecule has 36 heavy (non-hydrogen) atoms. The average Bonchev–Trinajstić information content (AvgIpc) is 2.88. The lowest BCUT2D eigenvalue weighted by molar-refractivity contribution is 0.0951. The van der Waals surface area contributed by atoms with Crippen LogP contribution in [0.4, 0.5) is 0 Å². The number of benzene rings is 4. The van der Waals surface area contributed by atoms with Crippen molar-refractivity contribution < 1.29 is 9.90 Å². The number of nitrogens with zero attached hydrogens (tertiary/aromatic N) is 1. The van der Waals surface area contributed by atoms with Gasteiger partial charge in [0, 0.05) is 40.2 Å². The van der Waals surface area contributed by atoms with E-state index in [1.807, 2.05) is 72.8 Å². The minimum Gasteiger partial charge on any atom is -0.507 e. The summed E-state index contributed by atoms with van der Waals surface area (Å²) in [5, 5.41) is 21.8. The molecule has 1 heterocycles. The van der Waals surface area contributed by atoms with Gasteiger partial charge in [0.05, 0.1) is 5.56 Å². The Kier molecular flexibility index (Phi) is 6.97. The molecule has 4 aromatic carbocycles. The van der Waals surface area contributed by atoms with E-state index in [4.69, 9.17) is 23.2 Å². The second-order valence-electron chi connectivity index (χ2n) is 9.05. The second kappa shape index (κ2) is 10.3. The second-order valence-corrected chi connectivity index (χ2v) is 9.93. The number of phenols is 1. The Morgan fingerprint density at radius 1 is 0.917 bits per heavy atom. The van der Waals surface area contributed by atoms with Crippen molar-refractivity contribution in [2.75, 3.05) is 0 Å². The van der Waals surface area contributed by atoms with E-state index >= 15 is 0 Å². The third-order valence-corrected chi connectivity index (χ3v) is 7.23. The first kappa shape index (κ1) is 24.3. The highest BCUT2D eigenvalue weighted by atomic mass is 35.5. The van der Waals surface area contributed by atoms with Gasteiger partial charge >= 0.3 is 0 Å². The fourth-order valence-corrected chi connectivity index (χ4v) is 4.96. The summed E-state index contributed by atoms with van der Waals surface area (Å²) in [5.74, 6) is -0.536. The van der Waals surface area contributed by atoms with Gasteiger partial charge in [0.1, 0.15) is 5.75 Å². The fourth-order valence-electron chi connectivity index (χ4n) is 4.71. The van der Waals surface area contributed by atoms with Crippen LogP contribution in [0.3, 0.4) is 0 Å². The Morgan fingerprint density at radius 2 is 1.50 bits per heavy atom. The molecular formula is C29H25Cl2N3O2. The summed E-state index contributed by atoms with van der Waals surface area (Å²) in [6.45, 7) is 2.09. The Balaban J connectivity index is 1.45. The molecule has 1 aliphatic heterocycles. The van der Waals surface area contributed by atoms with Crippen LogP contribution in [0, 0.1) is 5.92 Å². The topological polar surface area (TPSA) is 73.7 Å². The SMILES string of the molecule is C[C@H]1/C(=N/NC(=O)c2cc3ccccc3cc2O)CC(c2ccc(Cl)cc2)NC1c1ccc(Cl)cc1. The van der Waals surface area contributed by atoms with E-state index < -0.39 is 5.91 Å². The van der Waals surface area contributed by atoms with E-state index in [0.29, 0.717) is 16.5 Å². The summed E-state index contributed by atoms with van der Waals surface area (Å²) in [7, 11) is 0. The molecule has 5 nitrogen and oxygen atoms in total. The number of phenolic OH excluding ortho intramolecular Hbond substituents is 1. The van der Waals surface area contributed by atoms with E-state index in [9.17, 15) is 9.90 Å². The molecule has 2 unspecified atom stereocenters. The number of carbonyl (C=O) groups is 1. The molecule has 1 aliphatic rings. The molecule has 0 bridgehead atoms. The largest absolute Gasteiger partial charge is 0.507 e. The summed E-state index contributed by atoms with van der Waals surface area (Å²) in [4.78, 5) is 13.0. The quantitative estimate of drug-likeness (QED) is 0.254.